The Balaban J connectivity index is 1.95. The summed E-state index contributed by atoms with van der Waals surface area (Å²) in [6.07, 6.45) is 2.64. The second-order valence-electron chi connectivity index (χ2n) is 4.99. The number of nitrogens with one attached hydrogen (secondary N) is 1. The zero-order valence-electron chi connectivity index (χ0n) is 11.5. The maximum absolute atomic E-state index is 5.19. The molecular formula is C15H23NOS. The molecule has 0 spiro atoms. The molecule has 3 atom stereocenters. The van der Waals surface area contributed by atoms with E-state index in [0.29, 0.717) is 12.1 Å². The van der Waals surface area contributed by atoms with Crippen LogP contribution in [0, 0.1) is 0 Å². The average Bonchev–Trinajstić information content (AvgIpc) is 2.41. The SMILES string of the molecule is COc1ccc([C@@H](C)NC2CCCSC2C)cc1. The largest absolute Gasteiger partial charge is 0.497 e. The van der Waals surface area contributed by atoms with Gasteiger partial charge in [0.2, 0.25) is 0 Å². The first-order chi connectivity index (χ1) is 8.70. The van der Waals surface area contributed by atoms with Gasteiger partial charge in [0.05, 0.1) is 7.11 Å². The summed E-state index contributed by atoms with van der Waals surface area (Å²) in [5.74, 6) is 2.24. The number of benzene rings is 1. The van der Waals surface area contributed by atoms with Gasteiger partial charge < -0.3 is 10.1 Å². The van der Waals surface area contributed by atoms with Gasteiger partial charge >= 0.3 is 0 Å². The van der Waals surface area contributed by atoms with E-state index in [1.807, 2.05) is 12.1 Å². The molecule has 2 unspecified atom stereocenters. The summed E-state index contributed by atoms with van der Waals surface area (Å²) in [5.41, 5.74) is 1.33. The van der Waals surface area contributed by atoms with Crippen LogP contribution in [0.2, 0.25) is 0 Å². The smallest absolute Gasteiger partial charge is 0.118 e. The maximum Gasteiger partial charge on any atom is 0.118 e. The van der Waals surface area contributed by atoms with Crippen molar-refractivity contribution in [3.63, 3.8) is 0 Å². The fraction of sp³-hybridized carbons (Fsp3) is 0.600. The van der Waals surface area contributed by atoms with E-state index in [9.17, 15) is 0 Å². The Kier molecular flexibility index (Phi) is 4.95. The molecule has 3 heteroatoms. The molecule has 1 heterocycles. The van der Waals surface area contributed by atoms with Crippen LogP contribution in [0.3, 0.4) is 0 Å². The Morgan fingerprint density at radius 2 is 2.06 bits per heavy atom. The van der Waals surface area contributed by atoms with Crippen LogP contribution in [-0.2, 0) is 0 Å². The van der Waals surface area contributed by atoms with Crippen LogP contribution >= 0.6 is 11.8 Å². The first-order valence-corrected chi connectivity index (χ1v) is 7.77. The van der Waals surface area contributed by atoms with E-state index in [1.54, 1.807) is 7.11 Å². The van der Waals surface area contributed by atoms with Gasteiger partial charge in [-0.2, -0.15) is 11.8 Å². The standard InChI is InChI=1S/C15H23NOS/c1-11(13-6-8-14(17-3)9-7-13)16-15-5-4-10-18-12(15)2/h6-9,11-12,15-16H,4-5,10H2,1-3H3/t11-,12?,15?/m1/s1. The molecule has 0 radical (unpaired) electrons. The van der Waals surface area contributed by atoms with Crippen molar-refractivity contribution in [1.82, 2.24) is 5.32 Å². The van der Waals surface area contributed by atoms with E-state index >= 15 is 0 Å². The van der Waals surface area contributed by atoms with Crippen LogP contribution in [-0.4, -0.2) is 24.2 Å². The minimum atomic E-state index is 0.405. The van der Waals surface area contributed by atoms with E-state index in [1.165, 1.54) is 24.2 Å². The molecule has 1 saturated heterocycles. The molecule has 1 aliphatic rings. The van der Waals surface area contributed by atoms with E-state index in [-0.39, 0.29) is 0 Å². The number of thioether (sulfide) groups is 1. The van der Waals surface area contributed by atoms with Crippen LogP contribution in [0.4, 0.5) is 0 Å². The van der Waals surface area contributed by atoms with Crippen molar-refractivity contribution in [1.29, 1.82) is 0 Å². The van der Waals surface area contributed by atoms with Crippen molar-refractivity contribution in [2.75, 3.05) is 12.9 Å². The first kappa shape index (κ1) is 13.8. The molecule has 1 N–H and O–H groups in total. The highest BCUT2D eigenvalue weighted by molar-refractivity contribution is 7.99. The Morgan fingerprint density at radius 1 is 1.33 bits per heavy atom. The highest BCUT2D eigenvalue weighted by atomic mass is 32.2. The zero-order chi connectivity index (χ0) is 13.0. The maximum atomic E-state index is 5.19. The summed E-state index contributed by atoms with van der Waals surface area (Å²) in [6, 6.07) is 9.41. The van der Waals surface area contributed by atoms with Crippen molar-refractivity contribution in [2.24, 2.45) is 0 Å². The third-order valence-electron chi connectivity index (χ3n) is 3.69. The zero-order valence-corrected chi connectivity index (χ0v) is 12.3. The van der Waals surface area contributed by atoms with E-state index in [2.05, 4.69) is 43.1 Å². The quantitative estimate of drug-likeness (QED) is 0.898. The number of methoxy groups -OCH3 is 1. The van der Waals surface area contributed by atoms with Gasteiger partial charge in [0.1, 0.15) is 5.75 Å². The molecule has 18 heavy (non-hydrogen) atoms. The van der Waals surface area contributed by atoms with Crippen LogP contribution in [0.1, 0.15) is 38.3 Å². The number of hydrogen-bond donors (Lipinski definition) is 1. The highest BCUT2D eigenvalue weighted by Gasteiger charge is 2.23. The van der Waals surface area contributed by atoms with Gasteiger partial charge in [-0.05, 0) is 43.2 Å². The molecule has 1 fully saturated rings. The molecule has 0 aromatic heterocycles. The van der Waals surface area contributed by atoms with Crippen molar-refractivity contribution in [2.45, 2.75) is 44.0 Å². The van der Waals surface area contributed by atoms with Gasteiger partial charge in [0.15, 0.2) is 0 Å². The summed E-state index contributed by atoms with van der Waals surface area (Å²) in [5, 5.41) is 4.48. The fourth-order valence-electron chi connectivity index (χ4n) is 2.45. The summed E-state index contributed by atoms with van der Waals surface area (Å²) < 4.78 is 5.19. The molecule has 0 bridgehead atoms. The monoisotopic (exact) mass is 265 g/mol. The van der Waals surface area contributed by atoms with Gasteiger partial charge in [-0.3, -0.25) is 0 Å². The van der Waals surface area contributed by atoms with Crippen molar-refractivity contribution in [3.8, 4) is 5.75 Å². The molecule has 0 amide bonds. The lowest BCUT2D eigenvalue weighted by molar-refractivity contribution is 0.410. The lowest BCUT2D eigenvalue weighted by atomic mass is 10.0. The van der Waals surface area contributed by atoms with Crippen LogP contribution in [0.25, 0.3) is 0 Å². The van der Waals surface area contributed by atoms with E-state index in [4.69, 9.17) is 4.74 Å². The minimum Gasteiger partial charge on any atom is -0.497 e. The lowest BCUT2D eigenvalue weighted by Gasteiger charge is -2.32. The Hall–Kier alpha value is -0.670. The average molecular weight is 265 g/mol. The minimum absolute atomic E-state index is 0.405. The first-order valence-electron chi connectivity index (χ1n) is 6.72. The Bertz CT molecular complexity index is 365. The number of rotatable bonds is 4. The van der Waals surface area contributed by atoms with Crippen LogP contribution < -0.4 is 10.1 Å². The van der Waals surface area contributed by atoms with Crippen LogP contribution in [0.5, 0.6) is 5.75 Å². The van der Waals surface area contributed by atoms with Gasteiger partial charge in [0.25, 0.3) is 0 Å². The van der Waals surface area contributed by atoms with Gasteiger partial charge in [-0.15, -0.1) is 0 Å². The van der Waals surface area contributed by atoms with Crippen molar-refractivity contribution >= 4 is 11.8 Å². The molecule has 2 rings (SSSR count). The van der Waals surface area contributed by atoms with Gasteiger partial charge in [-0.25, -0.2) is 0 Å². The van der Waals surface area contributed by atoms with Crippen molar-refractivity contribution in [3.05, 3.63) is 29.8 Å². The second kappa shape index (κ2) is 6.48. The van der Waals surface area contributed by atoms with E-state index < -0.39 is 0 Å². The predicted molar refractivity (Wildman–Crippen MR) is 79.5 cm³/mol. The molecule has 2 nitrogen and oxygen atoms in total. The topological polar surface area (TPSA) is 21.3 Å². The lowest BCUT2D eigenvalue weighted by Crippen LogP contribution is -2.40. The highest BCUT2D eigenvalue weighted by Crippen LogP contribution is 2.27. The summed E-state index contributed by atoms with van der Waals surface area (Å²) in [6.45, 7) is 4.58. The Labute approximate surface area is 114 Å². The molecule has 1 aliphatic heterocycles. The van der Waals surface area contributed by atoms with Crippen molar-refractivity contribution < 1.29 is 4.74 Å². The normalized spacial score (nSPS) is 25.7. The molecule has 0 saturated carbocycles. The summed E-state index contributed by atoms with van der Waals surface area (Å²) in [7, 11) is 1.71. The third kappa shape index (κ3) is 3.42. The second-order valence-corrected chi connectivity index (χ2v) is 6.47. The molecule has 100 valence electrons. The van der Waals surface area contributed by atoms with E-state index in [0.717, 1.165) is 11.0 Å². The third-order valence-corrected chi connectivity index (χ3v) is 5.07. The fourth-order valence-corrected chi connectivity index (χ4v) is 3.60. The van der Waals surface area contributed by atoms with Crippen LogP contribution in [0.15, 0.2) is 24.3 Å². The molecule has 0 aliphatic carbocycles. The van der Waals surface area contributed by atoms with Gasteiger partial charge in [-0.1, -0.05) is 19.1 Å². The summed E-state index contributed by atoms with van der Waals surface area (Å²) >= 11 is 2.09. The number of hydrogen-bond acceptors (Lipinski definition) is 3. The summed E-state index contributed by atoms with van der Waals surface area (Å²) in [4.78, 5) is 0. The number of ether oxygens (including phenoxy) is 1. The molecular weight excluding hydrogens is 242 g/mol. The molecule has 1 aromatic rings. The van der Waals surface area contributed by atoms with Gasteiger partial charge in [0, 0.05) is 17.3 Å². The Morgan fingerprint density at radius 3 is 2.67 bits per heavy atom. The predicted octanol–water partition coefficient (Wildman–Crippen LogP) is 3.63. The molecule has 1 aromatic carbocycles.